The predicted octanol–water partition coefficient (Wildman–Crippen LogP) is 5.17. The second-order valence-corrected chi connectivity index (χ2v) is 8.74. The van der Waals surface area contributed by atoms with Crippen LogP contribution in [0.2, 0.25) is 0 Å². The van der Waals surface area contributed by atoms with Crippen LogP contribution in [0.15, 0.2) is 72.1 Å². The lowest BCUT2D eigenvalue weighted by Crippen LogP contribution is -2.49. The highest BCUT2D eigenvalue weighted by atomic mass is 32.1. The second-order valence-electron chi connectivity index (χ2n) is 7.79. The van der Waals surface area contributed by atoms with Crippen LogP contribution in [0, 0.1) is 0 Å². The maximum atomic E-state index is 13.0. The van der Waals surface area contributed by atoms with Crippen LogP contribution in [0.5, 0.6) is 0 Å². The third kappa shape index (κ3) is 4.46. The summed E-state index contributed by atoms with van der Waals surface area (Å²) in [5, 5.41) is 7.95. The van der Waals surface area contributed by atoms with Crippen molar-refractivity contribution in [1.82, 2.24) is 5.32 Å². The van der Waals surface area contributed by atoms with Gasteiger partial charge in [0.25, 0.3) is 5.91 Å². The second kappa shape index (κ2) is 9.26. The van der Waals surface area contributed by atoms with Gasteiger partial charge in [-0.15, -0.1) is 11.3 Å². The molecule has 1 saturated carbocycles. The normalized spacial score (nSPS) is 14.5. The van der Waals surface area contributed by atoms with Crippen LogP contribution in [0.3, 0.4) is 0 Å². The number of rotatable bonds is 8. The topological polar surface area (TPSA) is 58.2 Å². The summed E-state index contributed by atoms with van der Waals surface area (Å²) >= 11 is 1.42. The van der Waals surface area contributed by atoms with Crippen molar-refractivity contribution in [3.63, 3.8) is 0 Å². The van der Waals surface area contributed by atoms with E-state index in [2.05, 4.69) is 22.8 Å². The number of anilines is 1. The minimum Gasteiger partial charge on any atom is -0.355 e. The molecule has 0 spiro atoms. The van der Waals surface area contributed by atoms with E-state index in [1.807, 2.05) is 53.9 Å². The molecular weight excluding hydrogens is 392 g/mol. The monoisotopic (exact) mass is 418 g/mol. The zero-order valence-corrected chi connectivity index (χ0v) is 17.7. The van der Waals surface area contributed by atoms with Crippen molar-refractivity contribution in [3.05, 3.63) is 88.1 Å². The highest BCUT2D eigenvalue weighted by Crippen LogP contribution is 2.44. The molecule has 1 heterocycles. The van der Waals surface area contributed by atoms with E-state index in [-0.39, 0.29) is 11.8 Å². The van der Waals surface area contributed by atoms with E-state index in [4.69, 9.17) is 0 Å². The third-order valence-electron chi connectivity index (χ3n) is 5.85. The number of carbonyl (C=O) groups is 2. The van der Waals surface area contributed by atoms with Crippen LogP contribution in [-0.2, 0) is 16.6 Å². The summed E-state index contributed by atoms with van der Waals surface area (Å²) in [5.41, 5.74) is 2.65. The first-order valence-electron chi connectivity index (χ1n) is 10.4. The first-order valence-corrected chi connectivity index (χ1v) is 11.3. The van der Waals surface area contributed by atoms with E-state index in [1.54, 1.807) is 6.07 Å². The van der Waals surface area contributed by atoms with E-state index >= 15 is 0 Å². The number of aryl methyl sites for hydroxylation is 1. The SMILES string of the molecule is O=C(Nc1ccc(C2(C(=O)NCCCc3ccccc3)CCC2)cc1)c1cccs1. The minimum absolute atomic E-state index is 0.104. The fraction of sp³-hybridized carbons (Fsp3) is 0.280. The Kier molecular flexibility index (Phi) is 6.29. The number of carbonyl (C=O) groups excluding carboxylic acids is 2. The Morgan fingerprint density at radius 2 is 1.70 bits per heavy atom. The highest BCUT2D eigenvalue weighted by molar-refractivity contribution is 7.12. The molecule has 2 N–H and O–H groups in total. The minimum atomic E-state index is -0.428. The molecule has 0 aliphatic heterocycles. The van der Waals surface area contributed by atoms with Gasteiger partial charge in [-0.05, 0) is 60.4 Å². The fourth-order valence-corrected chi connectivity index (χ4v) is 4.58. The average molecular weight is 419 g/mol. The highest BCUT2D eigenvalue weighted by Gasteiger charge is 2.45. The summed E-state index contributed by atoms with van der Waals surface area (Å²) < 4.78 is 0. The van der Waals surface area contributed by atoms with Crippen LogP contribution in [0.25, 0.3) is 0 Å². The summed E-state index contributed by atoms with van der Waals surface area (Å²) in [5.74, 6) is 0.0180. The van der Waals surface area contributed by atoms with Gasteiger partial charge < -0.3 is 10.6 Å². The van der Waals surface area contributed by atoms with E-state index in [0.717, 1.165) is 43.4 Å². The first-order chi connectivity index (χ1) is 14.7. The molecule has 2 aromatic carbocycles. The van der Waals surface area contributed by atoms with Crippen molar-refractivity contribution < 1.29 is 9.59 Å². The van der Waals surface area contributed by atoms with Gasteiger partial charge in [0.2, 0.25) is 5.91 Å². The standard InChI is InChI=1S/C25H26N2O2S/c28-23(22-10-5-18-30-22)27-21-13-11-20(12-14-21)25(15-6-16-25)24(29)26-17-4-9-19-7-2-1-3-8-19/h1-3,5,7-8,10-14,18H,4,6,9,15-17H2,(H,26,29)(H,27,28). The van der Waals surface area contributed by atoms with Crippen LogP contribution in [0.4, 0.5) is 5.69 Å². The van der Waals surface area contributed by atoms with Crippen LogP contribution in [-0.4, -0.2) is 18.4 Å². The lowest BCUT2D eigenvalue weighted by molar-refractivity contribution is -0.129. The predicted molar refractivity (Wildman–Crippen MR) is 122 cm³/mol. The Morgan fingerprint density at radius 1 is 0.933 bits per heavy atom. The van der Waals surface area contributed by atoms with Gasteiger partial charge in [-0.1, -0.05) is 55.0 Å². The van der Waals surface area contributed by atoms with E-state index < -0.39 is 5.41 Å². The third-order valence-corrected chi connectivity index (χ3v) is 6.72. The van der Waals surface area contributed by atoms with Crippen molar-refractivity contribution in [2.24, 2.45) is 0 Å². The van der Waals surface area contributed by atoms with Gasteiger partial charge >= 0.3 is 0 Å². The van der Waals surface area contributed by atoms with Crippen molar-refractivity contribution in [2.45, 2.75) is 37.5 Å². The molecule has 0 saturated heterocycles. The molecule has 1 aliphatic rings. The molecule has 4 rings (SSSR count). The van der Waals surface area contributed by atoms with Crippen molar-refractivity contribution in [2.75, 3.05) is 11.9 Å². The zero-order valence-electron chi connectivity index (χ0n) is 16.9. The molecule has 2 amide bonds. The van der Waals surface area contributed by atoms with E-state index in [9.17, 15) is 9.59 Å². The van der Waals surface area contributed by atoms with Gasteiger partial charge in [-0.25, -0.2) is 0 Å². The molecule has 154 valence electrons. The number of benzene rings is 2. The van der Waals surface area contributed by atoms with Crippen molar-refractivity contribution >= 4 is 28.8 Å². The van der Waals surface area contributed by atoms with Crippen LogP contribution < -0.4 is 10.6 Å². The van der Waals surface area contributed by atoms with E-state index in [0.29, 0.717) is 11.4 Å². The molecule has 30 heavy (non-hydrogen) atoms. The Balaban J connectivity index is 1.34. The maximum Gasteiger partial charge on any atom is 0.265 e. The number of amides is 2. The Morgan fingerprint density at radius 3 is 2.33 bits per heavy atom. The van der Waals surface area contributed by atoms with Crippen LogP contribution in [0.1, 0.15) is 46.5 Å². The van der Waals surface area contributed by atoms with E-state index in [1.165, 1.54) is 16.9 Å². The average Bonchev–Trinajstić information content (AvgIpc) is 3.28. The van der Waals surface area contributed by atoms with Crippen LogP contribution >= 0.6 is 11.3 Å². The molecule has 0 radical (unpaired) electrons. The zero-order chi connectivity index (χ0) is 20.8. The first kappa shape index (κ1) is 20.4. The van der Waals surface area contributed by atoms with Crippen molar-refractivity contribution in [3.8, 4) is 0 Å². The van der Waals surface area contributed by atoms with Crippen molar-refractivity contribution in [1.29, 1.82) is 0 Å². The summed E-state index contributed by atoms with van der Waals surface area (Å²) in [6, 6.07) is 21.8. The number of thiophene rings is 1. The number of hydrogen-bond donors (Lipinski definition) is 2. The Labute approximate surface area is 181 Å². The quantitative estimate of drug-likeness (QED) is 0.496. The molecule has 5 heteroatoms. The lowest BCUT2D eigenvalue weighted by Gasteiger charge is -2.40. The van der Waals surface area contributed by atoms with Gasteiger partial charge in [-0.2, -0.15) is 0 Å². The molecule has 3 aromatic rings. The van der Waals surface area contributed by atoms with Gasteiger partial charge in [0.05, 0.1) is 10.3 Å². The lowest BCUT2D eigenvalue weighted by atomic mass is 9.63. The molecule has 0 unspecified atom stereocenters. The molecular formula is C25H26N2O2S. The molecule has 1 aliphatic carbocycles. The summed E-state index contributed by atoms with van der Waals surface area (Å²) in [4.78, 5) is 25.9. The summed E-state index contributed by atoms with van der Waals surface area (Å²) in [6.07, 6.45) is 4.71. The molecule has 1 fully saturated rings. The molecule has 0 bridgehead atoms. The fourth-order valence-electron chi connectivity index (χ4n) is 3.96. The molecule has 0 atom stereocenters. The largest absolute Gasteiger partial charge is 0.355 e. The van der Waals surface area contributed by atoms with Gasteiger partial charge in [0, 0.05) is 12.2 Å². The summed E-state index contributed by atoms with van der Waals surface area (Å²) in [7, 11) is 0. The Hall–Kier alpha value is -2.92. The van der Waals surface area contributed by atoms with Gasteiger partial charge in [0.1, 0.15) is 0 Å². The smallest absolute Gasteiger partial charge is 0.265 e. The van der Waals surface area contributed by atoms with Gasteiger partial charge in [0.15, 0.2) is 0 Å². The summed E-state index contributed by atoms with van der Waals surface area (Å²) in [6.45, 7) is 0.685. The van der Waals surface area contributed by atoms with Gasteiger partial charge in [-0.3, -0.25) is 9.59 Å². The molecule has 1 aromatic heterocycles. The number of nitrogens with one attached hydrogen (secondary N) is 2. The molecule has 4 nitrogen and oxygen atoms in total. The Bertz CT molecular complexity index is 978. The maximum absolute atomic E-state index is 13.0. The number of hydrogen-bond acceptors (Lipinski definition) is 3.